The quantitative estimate of drug-likeness (QED) is 0.411. The van der Waals surface area contributed by atoms with Gasteiger partial charge in [0.25, 0.3) is 0 Å². The fraction of sp³-hybridized carbons (Fsp3) is 0.167. The summed E-state index contributed by atoms with van der Waals surface area (Å²) in [6.45, 7) is 1.09. The number of quaternary nitrogens is 1. The first-order chi connectivity index (χ1) is 14.1. The maximum Gasteiger partial charge on any atom is 0.169 e. The van der Waals surface area contributed by atoms with Crippen LogP contribution in [0.1, 0.15) is 11.4 Å². The molecule has 0 aliphatic heterocycles. The van der Waals surface area contributed by atoms with Crippen LogP contribution in [0, 0.1) is 11.3 Å². The number of nitrogens with one attached hydrogen (secondary N) is 1. The molecule has 5 nitrogen and oxygen atoms in total. The second-order valence-corrected chi connectivity index (χ2v) is 7.41. The number of aliphatic hydroxyl groups is 1. The predicted molar refractivity (Wildman–Crippen MR) is 115 cm³/mol. The number of imidazole rings is 1. The van der Waals surface area contributed by atoms with E-state index in [-0.39, 0.29) is 11.3 Å². The molecule has 29 heavy (non-hydrogen) atoms. The summed E-state index contributed by atoms with van der Waals surface area (Å²) in [6, 6.07) is 24.5. The molecule has 0 saturated heterocycles. The average Bonchev–Trinajstić information content (AvgIpc) is 3.05. The van der Waals surface area contributed by atoms with Crippen molar-refractivity contribution in [3.05, 3.63) is 83.9 Å². The molecule has 2 N–H and O–H groups in total. The first-order valence-corrected chi connectivity index (χ1v) is 9.60. The van der Waals surface area contributed by atoms with Gasteiger partial charge in [-0.15, -0.1) is 0 Å². The second-order valence-electron chi connectivity index (χ2n) is 7.41. The van der Waals surface area contributed by atoms with Gasteiger partial charge in [-0.25, -0.2) is 4.98 Å². The van der Waals surface area contributed by atoms with Gasteiger partial charge in [0.2, 0.25) is 0 Å². The van der Waals surface area contributed by atoms with Crippen LogP contribution in [0.25, 0.3) is 27.4 Å². The van der Waals surface area contributed by atoms with E-state index in [1.807, 2.05) is 55.1 Å². The summed E-state index contributed by atoms with van der Waals surface area (Å²) in [5.74, 6) is 0.550. The average molecular weight is 383 g/mol. The Morgan fingerprint density at radius 2 is 1.79 bits per heavy atom. The molecule has 1 unspecified atom stereocenters. The molecule has 4 aromatic rings. The zero-order chi connectivity index (χ0) is 20.4. The maximum absolute atomic E-state index is 10.7. The van der Waals surface area contributed by atoms with E-state index in [1.54, 1.807) is 0 Å². The summed E-state index contributed by atoms with van der Waals surface area (Å²) >= 11 is 0. The van der Waals surface area contributed by atoms with Gasteiger partial charge >= 0.3 is 0 Å². The number of para-hydroxylation sites is 2. The molecule has 3 aromatic carbocycles. The number of hydrogen-bond acceptors (Lipinski definition) is 3. The largest absolute Gasteiger partial charge is 0.506 e. The van der Waals surface area contributed by atoms with Crippen molar-refractivity contribution in [3.8, 4) is 6.07 Å². The van der Waals surface area contributed by atoms with Crippen LogP contribution < -0.4 is 4.90 Å². The van der Waals surface area contributed by atoms with Crippen LogP contribution in [0.4, 0.5) is 0 Å². The Morgan fingerprint density at radius 3 is 2.55 bits per heavy atom. The van der Waals surface area contributed by atoms with E-state index in [0.29, 0.717) is 12.4 Å². The van der Waals surface area contributed by atoms with Crippen molar-refractivity contribution in [1.29, 1.82) is 5.26 Å². The van der Waals surface area contributed by atoms with Gasteiger partial charge in [0.15, 0.2) is 11.6 Å². The molecule has 0 radical (unpaired) electrons. The molecule has 5 heteroatoms. The molecule has 1 heterocycles. The number of aryl methyl sites for hydroxylation is 1. The topological polar surface area (TPSA) is 66.3 Å². The summed E-state index contributed by atoms with van der Waals surface area (Å²) in [7, 11) is 3.87. The Morgan fingerprint density at radius 1 is 1.07 bits per heavy atom. The van der Waals surface area contributed by atoms with Gasteiger partial charge in [-0.3, -0.25) is 0 Å². The van der Waals surface area contributed by atoms with Gasteiger partial charge in [-0.2, -0.15) is 5.26 Å². The zero-order valence-corrected chi connectivity index (χ0v) is 16.6. The van der Waals surface area contributed by atoms with Gasteiger partial charge in [0.1, 0.15) is 24.7 Å². The molecule has 0 saturated carbocycles. The first-order valence-electron chi connectivity index (χ1n) is 9.60. The smallest absolute Gasteiger partial charge is 0.169 e. The number of nitriles is 1. The fourth-order valence-corrected chi connectivity index (χ4v) is 3.75. The Hall–Kier alpha value is -3.62. The van der Waals surface area contributed by atoms with Crippen molar-refractivity contribution < 1.29 is 10.0 Å². The van der Waals surface area contributed by atoms with Crippen LogP contribution in [-0.2, 0) is 13.6 Å². The molecule has 1 aromatic heterocycles. The van der Waals surface area contributed by atoms with Crippen molar-refractivity contribution in [3.63, 3.8) is 0 Å². The number of allylic oxidation sites excluding steroid dienone is 1. The van der Waals surface area contributed by atoms with Gasteiger partial charge in [-0.1, -0.05) is 48.5 Å². The van der Waals surface area contributed by atoms with E-state index in [1.165, 1.54) is 16.3 Å². The van der Waals surface area contributed by atoms with Crippen molar-refractivity contribution in [2.24, 2.45) is 7.05 Å². The minimum atomic E-state index is 0.0594. The SMILES string of the molecule is Cn1c(/C(C#N)=C(\O)C[NH+](C)Cc2ccc3ccccc3c2)nc2ccccc21. The Labute approximate surface area is 169 Å². The van der Waals surface area contributed by atoms with Crippen molar-refractivity contribution in [2.45, 2.75) is 6.54 Å². The predicted octanol–water partition coefficient (Wildman–Crippen LogP) is 3.23. The van der Waals surface area contributed by atoms with E-state index in [4.69, 9.17) is 0 Å². The zero-order valence-electron chi connectivity index (χ0n) is 16.6. The van der Waals surface area contributed by atoms with Gasteiger partial charge in [-0.05, 0) is 29.0 Å². The number of fused-ring (bicyclic) bond motifs is 2. The number of aliphatic hydroxyl groups excluding tert-OH is 1. The third kappa shape index (κ3) is 3.71. The van der Waals surface area contributed by atoms with Crippen LogP contribution in [0.15, 0.2) is 72.5 Å². The summed E-state index contributed by atoms with van der Waals surface area (Å²) in [5.41, 5.74) is 3.15. The highest BCUT2D eigenvalue weighted by molar-refractivity contribution is 5.84. The number of aromatic nitrogens is 2. The van der Waals surface area contributed by atoms with Crippen molar-refractivity contribution >= 4 is 27.4 Å². The normalized spacial score (nSPS) is 13.3. The number of likely N-dealkylation sites (N-methyl/N-ethyl adjacent to an activating group) is 1. The third-order valence-corrected chi connectivity index (χ3v) is 5.20. The molecule has 0 amide bonds. The van der Waals surface area contributed by atoms with E-state index >= 15 is 0 Å². The van der Waals surface area contributed by atoms with Crippen LogP contribution >= 0.6 is 0 Å². The van der Waals surface area contributed by atoms with Crippen molar-refractivity contribution in [1.82, 2.24) is 9.55 Å². The number of rotatable bonds is 5. The molecule has 1 atom stereocenters. The monoisotopic (exact) mass is 383 g/mol. The molecule has 0 aliphatic carbocycles. The lowest BCUT2D eigenvalue weighted by Gasteiger charge is -2.15. The number of nitrogens with zero attached hydrogens (tertiary/aromatic N) is 3. The van der Waals surface area contributed by atoms with E-state index < -0.39 is 0 Å². The van der Waals surface area contributed by atoms with E-state index in [0.717, 1.165) is 22.5 Å². The third-order valence-electron chi connectivity index (χ3n) is 5.20. The summed E-state index contributed by atoms with van der Waals surface area (Å²) in [6.07, 6.45) is 0. The van der Waals surface area contributed by atoms with Gasteiger partial charge < -0.3 is 14.6 Å². The summed E-state index contributed by atoms with van der Waals surface area (Å²) in [5, 5.41) is 22.8. The molecular formula is C24H23N4O+. The van der Waals surface area contributed by atoms with Crippen LogP contribution in [-0.4, -0.2) is 28.3 Å². The number of hydrogen-bond donors (Lipinski definition) is 2. The van der Waals surface area contributed by atoms with Gasteiger partial charge in [0, 0.05) is 12.6 Å². The maximum atomic E-state index is 10.7. The fourth-order valence-electron chi connectivity index (χ4n) is 3.75. The lowest BCUT2D eigenvalue weighted by atomic mass is 10.1. The molecule has 144 valence electrons. The van der Waals surface area contributed by atoms with Crippen molar-refractivity contribution in [2.75, 3.05) is 13.6 Å². The minimum Gasteiger partial charge on any atom is -0.506 e. The van der Waals surface area contributed by atoms with E-state index in [2.05, 4.69) is 41.4 Å². The highest BCUT2D eigenvalue weighted by atomic mass is 16.3. The standard InChI is InChI=1S/C24H22N4O/c1-27(15-17-11-12-18-7-3-4-8-19(18)13-17)16-23(29)20(14-25)24-26-21-9-5-6-10-22(21)28(24)2/h3-13,29H,15-16H2,1-2H3/p+1/b23-20-. The Balaban J connectivity index is 1.58. The first kappa shape index (κ1) is 18.7. The van der Waals surface area contributed by atoms with Gasteiger partial charge in [0.05, 0.1) is 18.1 Å². The molecule has 0 spiro atoms. The Kier molecular flexibility index (Phi) is 5.03. The number of benzene rings is 3. The molecule has 0 bridgehead atoms. The minimum absolute atomic E-state index is 0.0594. The van der Waals surface area contributed by atoms with Crippen LogP contribution in [0.3, 0.4) is 0 Å². The highest BCUT2D eigenvalue weighted by Crippen LogP contribution is 2.21. The molecule has 0 fully saturated rings. The molecule has 4 rings (SSSR count). The second kappa shape index (κ2) is 7.78. The van der Waals surface area contributed by atoms with Crippen LogP contribution in [0.5, 0.6) is 0 Å². The summed E-state index contributed by atoms with van der Waals surface area (Å²) in [4.78, 5) is 5.63. The molecule has 0 aliphatic rings. The van der Waals surface area contributed by atoms with Crippen LogP contribution in [0.2, 0.25) is 0 Å². The molecular weight excluding hydrogens is 360 g/mol. The van der Waals surface area contributed by atoms with E-state index in [9.17, 15) is 10.4 Å². The Bertz CT molecular complexity index is 1260. The lowest BCUT2D eigenvalue weighted by molar-refractivity contribution is -0.890. The highest BCUT2D eigenvalue weighted by Gasteiger charge is 2.19. The lowest BCUT2D eigenvalue weighted by Crippen LogP contribution is -3.07. The summed E-state index contributed by atoms with van der Waals surface area (Å²) < 4.78 is 1.85.